The van der Waals surface area contributed by atoms with E-state index in [-0.39, 0.29) is 6.10 Å². The molecule has 0 bridgehead atoms. The molecule has 0 amide bonds. The number of carbonyl (C=O) groups excluding carboxylic acids is 1. The first-order valence-corrected chi connectivity index (χ1v) is 9.20. The Morgan fingerprint density at radius 2 is 2.19 bits per heavy atom. The number of benzene rings is 1. The summed E-state index contributed by atoms with van der Waals surface area (Å²) in [5.41, 5.74) is 1.60. The molecule has 5 heteroatoms. The summed E-state index contributed by atoms with van der Waals surface area (Å²) in [7, 11) is 0. The molecule has 136 valence electrons. The van der Waals surface area contributed by atoms with E-state index >= 15 is 0 Å². The van der Waals surface area contributed by atoms with Crippen molar-refractivity contribution >= 4 is 17.2 Å². The van der Waals surface area contributed by atoms with Crippen LogP contribution in [0.5, 0.6) is 0 Å². The van der Waals surface area contributed by atoms with Gasteiger partial charge in [0.2, 0.25) is 0 Å². The van der Waals surface area contributed by atoms with Gasteiger partial charge in [-0.2, -0.15) is 5.26 Å². The zero-order valence-electron chi connectivity index (χ0n) is 15.1. The molecule has 26 heavy (non-hydrogen) atoms. The van der Waals surface area contributed by atoms with Crippen molar-refractivity contribution in [3.63, 3.8) is 0 Å². The molecular formula is C21H24N2O3. The Bertz CT molecular complexity index is 806. The predicted octanol–water partition coefficient (Wildman–Crippen LogP) is 3.93. The fourth-order valence-electron chi connectivity index (χ4n) is 3.36. The van der Waals surface area contributed by atoms with Crippen molar-refractivity contribution in [1.82, 2.24) is 4.98 Å². The molecule has 1 fully saturated rings. The van der Waals surface area contributed by atoms with Gasteiger partial charge in [-0.25, -0.2) is 0 Å². The van der Waals surface area contributed by atoms with E-state index in [1.165, 1.54) is 0 Å². The molecule has 1 aromatic carbocycles. The molecule has 5 nitrogen and oxygen atoms in total. The number of pyridine rings is 1. The van der Waals surface area contributed by atoms with Gasteiger partial charge in [-0.05, 0) is 24.1 Å². The predicted molar refractivity (Wildman–Crippen MR) is 98.5 cm³/mol. The molecule has 1 saturated carbocycles. The number of unbranched alkanes of at least 4 members (excludes halogenated alkanes) is 2. The van der Waals surface area contributed by atoms with Crippen LogP contribution in [0.2, 0.25) is 0 Å². The summed E-state index contributed by atoms with van der Waals surface area (Å²) >= 11 is 0. The highest BCUT2D eigenvalue weighted by Gasteiger charge is 2.46. The number of aromatic nitrogens is 1. The average molecular weight is 352 g/mol. The maximum Gasteiger partial charge on any atom is 0.152 e. The van der Waals surface area contributed by atoms with Gasteiger partial charge in [-0.1, -0.05) is 31.9 Å². The lowest BCUT2D eigenvalue weighted by molar-refractivity contribution is -0.176. The third-order valence-corrected chi connectivity index (χ3v) is 4.95. The number of rotatable bonds is 9. The number of hydrogen-bond donors (Lipinski definition) is 0. The minimum atomic E-state index is -0.660. The van der Waals surface area contributed by atoms with Crippen molar-refractivity contribution in [2.75, 3.05) is 6.61 Å². The van der Waals surface area contributed by atoms with E-state index in [9.17, 15) is 10.1 Å². The maximum atomic E-state index is 11.4. The molecule has 0 saturated heterocycles. The molecule has 2 aromatic rings. The third-order valence-electron chi connectivity index (χ3n) is 4.95. The number of hydrogen-bond acceptors (Lipinski definition) is 5. The molecule has 0 unspecified atom stereocenters. The molecule has 0 N–H and O–H groups in total. The normalized spacial score (nSPS) is 21.9. The molecule has 1 aliphatic carbocycles. The Balaban J connectivity index is 1.57. The fraction of sp³-hybridized carbons (Fsp3) is 0.476. The summed E-state index contributed by atoms with van der Waals surface area (Å²) in [4.78, 5) is 15.7. The second-order valence-corrected chi connectivity index (χ2v) is 6.86. The highest BCUT2D eigenvalue weighted by molar-refractivity contribution is 5.86. The Morgan fingerprint density at radius 1 is 1.35 bits per heavy atom. The average Bonchev–Trinajstić information content (AvgIpc) is 2.66. The smallest absolute Gasteiger partial charge is 0.152 e. The standard InChI is InChI=1S/C21H24N2O3/c1-2-3-4-10-26-21(15-24)11-18(12-21)25-14-17-8-7-16(13-22)20-19(17)6-5-9-23-20/h5-9,15,18H,2-4,10-12,14H2,1H3. The summed E-state index contributed by atoms with van der Waals surface area (Å²) in [6, 6.07) is 9.68. The Hall–Kier alpha value is -2.29. The summed E-state index contributed by atoms with van der Waals surface area (Å²) < 4.78 is 11.8. The second-order valence-electron chi connectivity index (χ2n) is 6.86. The first-order chi connectivity index (χ1) is 12.7. The minimum Gasteiger partial charge on any atom is -0.373 e. The lowest BCUT2D eigenvalue weighted by atomic mass is 9.78. The van der Waals surface area contributed by atoms with Crippen molar-refractivity contribution in [3.8, 4) is 6.07 Å². The number of fused-ring (bicyclic) bond motifs is 1. The van der Waals surface area contributed by atoms with E-state index < -0.39 is 5.60 Å². The minimum absolute atomic E-state index is 0.0220. The third kappa shape index (κ3) is 3.92. The number of nitrogens with zero attached hydrogens (tertiary/aromatic N) is 2. The molecular weight excluding hydrogens is 328 g/mol. The van der Waals surface area contributed by atoms with Gasteiger partial charge < -0.3 is 14.3 Å². The van der Waals surface area contributed by atoms with E-state index in [4.69, 9.17) is 9.47 Å². The molecule has 0 aliphatic heterocycles. The Labute approximate surface area is 153 Å². The van der Waals surface area contributed by atoms with E-state index in [0.717, 1.165) is 36.5 Å². The van der Waals surface area contributed by atoms with Crippen molar-refractivity contribution in [2.24, 2.45) is 0 Å². The Morgan fingerprint density at radius 3 is 2.92 bits per heavy atom. The van der Waals surface area contributed by atoms with Crippen LogP contribution < -0.4 is 0 Å². The maximum absolute atomic E-state index is 11.4. The van der Waals surface area contributed by atoms with Gasteiger partial charge in [0.05, 0.1) is 23.8 Å². The second kappa shape index (κ2) is 8.39. The van der Waals surface area contributed by atoms with E-state index in [1.807, 2.05) is 18.2 Å². The zero-order valence-corrected chi connectivity index (χ0v) is 15.1. The highest BCUT2D eigenvalue weighted by atomic mass is 16.5. The van der Waals surface area contributed by atoms with E-state index in [0.29, 0.717) is 37.1 Å². The lowest BCUT2D eigenvalue weighted by Crippen LogP contribution is -2.51. The van der Waals surface area contributed by atoms with E-state index in [1.54, 1.807) is 12.3 Å². The van der Waals surface area contributed by atoms with Crippen molar-refractivity contribution in [2.45, 2.75) is 57.3 Å². The van der Waals surface area contributed by atoms with Gasteiger partial charge in [0.25, 0.3) is 0 Å². The van der Waals surface area contributed by atoms with Crippen molar-refractivity contribution in [3.05, 3.63) is 41.6 Å². The molecule has 3 rings (SSSR count). The number of carbonyl (C=O) groups is 1. The van der Waals surface area contributed by atoms with Crippen LogP contribution >= 0.6 is 0 Å². The molecule has 1 heterocycles. The molecule has 0 atom stereocenters. The lowest BCUT2D eigenvalue weighted by Gasteiger charge is -2.43. The first-order valence-electron chi connectivity index (χ1n) is 9.20. The van der Waals surface area contributed by atoms with Crippen LogP contribution in [0, 0.1) is 11.3 Å². The summed E-state index contributed by atoms with van der Waals surface area (Å²) in [5, 5.41) is 10.1. The highest BCUT2D eigenvalue weighted by Crippen LogP contribution is 2.37. The quantitative estimate of drug-likeness (QED) is 0.505. The van der Waals surface area contributed by atoms with Crippen LogP contribution in [0.3, 0.4) is 0 Å². The summed E-state index contributed by atoms with van der Waals surface area (Å²) in [5.74, 6) is 0. The number of aldehydes is 1. The van der Waals surface area contributed by atoms with E-state index in [2.05, 4.69) is 18.0 Å². The van der Waals surface area contributed by atoms with Gasteiger partial charge in [-0.15, -0.1) is 0 Å². The van der Waals surface area contributed by atoms with Gasteiger partial charge in [0.1, 0.15) is 11.7 Å². The Kier molecular flexibility index (Phi) is 5.97. The van der Waals surface area contributed by atoms with Gasteiger partial charge >= 0.3 is 0 Å². The molecule has 1 aliphatic rings. The van der Waals surface area contributed by atoms with Gasteiger partial charge in [0, 0.05) is 31.0 Å². The van der Waals surface area contributed by atoms with Crippen LogP contribution in [-0.4, -0.2) is 29.6 Å². The topological polar surface area (TPSA) is 72.2 Å². The van der Waals surface area contributed by atoms with Crippen molar-refractivity contribution < 1.29 is 14.3 Å². The largest absolute Gasteiger partial charge is 0.373 e. The zero-order chi connectivity index (χ0) is 18.4. The van der Waals surface area contributed by atoms with Crippen LogP contribution in [0.15, 0.2) is 30.5 Å². The van der Waals surface area contributed by atoms with Crippen LogP contribution in [0.4, 0.5) is 0 Å². The number of ether oxygens (including phenoxy) is 2. The molecule has 0 radical (unpaired) electrons. The molecule has 0 spiro atoms. The van der Waals surface area contributed by atoms with Crippen LogP contribution in [0.25, 0.3) is 10.9 Å². The summed E-state index contributed by atoms with van der Waals surface area (Å²) in [6.07, 6.45) is 7.10. The number of nitriles is 1. The first kappa shape index (κ1) is 18.5. The van der Waals surface area contributed by atoms with Crippen LogP contribution in [-0.2, 0) is 20.9 Å². The monoisotopic (exact) mass is 352 g/mol. The SMILES string of the molecule is CCCCCOC1(C=O)CC(OCc2ccc(C#N)c3ncccc23)C1. The fourth-order valence-corrected chi connectivity index (χ4v) is 3.36. The summed E-state index contributed by atoms with van der Waals surface area (Å²) in [6.45, 7) is 3.21. The van der Waals surface area contributed by atoms with Gasteiger partial charge in [-0.3, -0.25) is 4.98 Å². The van der Waals surface area contributed by atoms with Gasteiger partial charge in [0.15, 0.2) is 6.29 Å². The van der Waals surface area contributed by atoms with Crippen molar-refractivity contribution in [1.29, 1.82) is 5.26 Å². The molecule has 1 aromatic heterocycles. The van der Waals surface area contributed by atoms with Crippen LogP contribution in [0.1, 0.15) is 50.2 Å².